The molecule has 1 aliphatic heterocycles. The van der Waals surface area contributed by atoms with Crippen molar-refractivity contribution in [1.82, 2.24) is 9.88 Å². The van der Waals surface area contributed by atoms with E-state index in [1.807, 2.05) is 25.1 Å². The summed E-state index contributed by atoms with van der Waals surface area (Å²) in [4.78, 5) is 17.2. The highest BCUT2D eigenvalue weighted by Crippen LogP contribution is 2.43. The molecule has 0 spiro atoms. The van der Waals surface area contributed by atoms with Gasteiger partial charge in [-0.1, -0.05) is 41.1 Å². The number of nitrogens with zero attached hydrogens (tertiary/aromatic N) is 1. The van der Waals surface area contributed by atoms with Crippen molar-refractivity contribution in [3.63, 3.8) is 0 Å². The summed E-state index contributed by atoms with van der Waals surface area (Å²) in [6, 6.07) is 11.0. The summed E-state index contributed by atoms with van der Waals surface area (Å²) in [5, 5.41) is 10.7. The number of H-pyrrole nitrogens is 1. The van der Waals surface area contributed by atoms with E-state index >= 15 is 4.39 Å². The number of carbonyl (C=O) groups is 1. The van der Waals surface area contributed by atoms with Gasteiger partial charge in [0.15, 0.2) is 0 Å². The zero-order valence-electron chi connectivity index (χ0n) is 16.7. The van der Waals surface area contributed by atoms with Crippen LogP contribution in [0.2, 0.25) is 0 Å². The minimum Gasteiger partial charge on any atom is -0.481 e. The number of para-hydroxylation sites is 1. The van der Waals surface area contributed by atoms with Crippen molar-refractivity contribution >= 4 is 32.8 Å². The van der Waals surface area contributed by atoms with E-state index in [1.165, 1.54) is 11.6 Å². The largest absolute Gasteiger partial charge is 0.481 e. The Bertz CT molecular complexity index is 1090. The van der Waals surface area contributed by atoms with Crippen molar-refractivity contribution < 1.29 is 14.3 Å². The Morgan fingerprint density at radius 1 is 1.34 bits per heavy atom. The van der Waals surface area contributed by atoms with Crippen molar-refractivity contribution in [2.24, 2.45) is 5.92 Å². The Kier molecular flexibility index (Phi) is 5.25. The molecule has 4 nitrogen and oxygen atoms in total. The van der Waals surface area contributed by atoms with E-state index in [0.29, 0.717) is 12.1 Å². The third kappa shape index (κ3) is 3.38. The van der Waals surface area contributed by atoms with Gasteiger partial charge in [-0.2, -0.15) is 0 Å². The molecule has 0 saturated heterocycles. The minimum atomic E-state index is -0.843. The van der Waals surface area contributed by atoms with Crippen LogP contribution in [0.15, 0.2) is 40.9 Å². The Balaban J connectivity index is 1.96. The quantitative estimate of drug-likeness (QED) is 0.547. The summed E-state index contributed by atoms with van der Waals surface area (Å²) >= 11 is 3.54. The first-order chi connectivity index (χ1) is 13.8. The van der Waals surface area contributed by atoms with Gasteiger partial charge >= 0.3 is 5.97 Å². The molecule has 1 aromatic heterocycles. The van der Waals surface area contributed by atoms with Gasteiger partial charge in [-0.25, -0.2) is 4.39 Å². The van der Waals surface area contributed by atoms with Gasteiger partial charge in [0.1, 0.15) is 5.82 Å². The normalized spacial score (nSPS) is 20.6. The highest BCUT2D eigenvalue weighted by atomic mass is 79.9. The van der Waals surface area contributed by atoms with Crippen LogP contribution >= 0.6 is 15.9 Å². The number of carboxylic acid groups (broad SMARTS) is 1. The van der Waals surface area contributed by atoms with Gasteiger partial charge in [-0.15, -0.1) is 0 Å². The molecule has 0 amide bonds. The average Bonchev–Trinajstić information content (AvgIpc) is 3.05. The maximum Gasteiger partial charge on any atom is 0.307 e. The lowest BCUT2D eigenvalue weighted by molar-refractivity contribution is -0.142. The van der Waals surface area contributed by atoms with Crippen LogP contribution < -0.4 is 0 Å². The Hall–Kier alpha value is -2.18. The van der Waals surface area contributed by atoms with Crippen molar-refractivity contribution in [2.45, 2.75) is 39.3 Å². The summed E-state index contributed by atoms with van der Waals surface area (Å²) in [6.45, 7) is 6.05. The zero-order valence-corrected chi connectivity index (χ0v) is 18.3. The van der Waals surface area contributed by atoms with Crippen LogP contribution in [-0.2, 0) is 11.2 Å². The molecule has 152 valence electrons. The second-order valence-corrected chi connectivity index (χ2v) is 8.88. The van der Waals surface area contributed by atoms with Crippen molar-refractivity contribution in [3.05, 3.63) is 69.1 Å². The first-order valence-corrected chi connectivity index (χ1v) is 10.6. The first kappa shape index (κ1) is 20.1. The van der Waals surface area contributed by atoms with E-state index in [-0.39, 0.29) is 17.9 Å². The van der Waals surface area contributed by atoms with Crippen LogP contribution in [0.5, 0.6) is 0 Å². The van der Waals surface area contributed by atoms with Crippen molar-refractivity contribution in [1.29, 1.82) is 0 Å². The second kappa shape index (κ2) is 7.58. The fourth-order valence-electron chi connectivity index (χ4n) is 4.50. The number of fused-ring (bicyclic) bond motifs is 3. The Labute approximate surface area is 177 Å². The molecule has 3 aromatic rings. The molecular formula is C23H24BrFN2O2. The SMILES string of the molecule is Cc1c(Br)ccc(F)c1[C@@H]1c2[nH]c3ccccc3c2C[C@@H](C)N1C[C@@H](C)C(=O)O. The van der Waals surface area contributed by atoms with Gasteiger partial charge in [0.25, 0.3) is 0 Å². The van der Waals surface area contributed by atoms with Gasteiger partial charge in [0, 0.05) is 39.2 Å². The first-order valence-electron chi connectivity index (χ1n) is 9.82. The van der Waals surface area contributed by atoms with E-state index in [2.05, 4.69) is 38.8 Å². The highest BCUT2D eigenvalue weighted by molar-refractivity contribution is 9.10. The molecule has 0 aliphatic carbocycles. The summed E-state index contributed by atoms with van der Waals surface area (Å²) in [5.74, 6) is -1.67. The molecule has 1 aliphatic rings. The molecule has 0 fully saturated rings. The number of hydrogen-bond donors (Lipinski definition) is 2. The van der Waals surface area contributed by atoms with E-state index in [0.717, 1.165) is 33.1 Å². The maximum atomic E-state index is 15.2. The summed E-state index contributed by atoms with van der Waals surface area (Å²) in [6.07, 6.45) is 0.789. The fourth-order valence-corrected chi connectivity index (χ4v) is 4.85. The molecule has 29 heavy (non-hydrogen) atoms. The van der Waals surface area contributed by atoms with E-state index in [1.54, 1.807) is 13.0 Å². The summed E-state index contributed by atoms with van der Waals surface area (Å²) in [7, 11) is 0. The Morgan fingerprint density at radius 2 is 2.07 bits per heavy atom. The smallest absolute Gasteiger partial charge is 0.307 e. The lowest BCUT2D eigenvalue weighted by Crippen LogP contribution is -2.46. The molecule has 0 saturated carbocycles. The molecule has 4 rings (SSSR count). The number of nitrogens with one attached hydrogen (secondary N) is 1. The maximum absolute atomic E-state index is 15.2. The zero-order chi connectivity index (χ0) is 20.9. The lowest BCUT2D eigenvalue weighted by Gasteiger charge is -2.42. The van der Waals surface area contributed by atoms with Gasteiger partial charge in [-0.3, -0.25) is 9.69 Å². The third-order valence-corrected chi connectivity index (χ3v) is 6.95. The Morgan fingerprint density at radius 3 is 2.79 bits per heavy atom. The average molecular weight is 459 g/mol. The molecular weight excluding hydrogens is 435 g/mol. The molecule has 2 heterocycles. The second-order valence-electron chi connectivity index (χ2n) is 8.02. The summed E-state index contributed by atoms with van der Waals surface area (Å²) < 4.78 is 16.0. The number of hydrogen-bond acceptors (Lipinski definition) is 2. The third-order valence-electron chi connectivity index (χ3n) is 6.09. The number of aromatic nitrogens is 1. The number of rotatable bonds is 4. The van der Waals surface area contributed by atoms with Crippen LogP contribution in [0, 0.1) is 18.7 Å². The number of benzene rings is 2. The van der Waals surface area contributed by atoms with Crippen molar-refractivity contribution in [2.75, 3.05) is 6.54 Å². The van der Waals surface area contributed by atoms with Gasteiger partial charge in [0.05, 0.1) is 12.0 Å². The molecule has 2 aromatic carbocycles. The van der Waals surface area contributed by atoms with E-state index in [9.17, 15) is 9.90 Å². The van der Waals surface area contributed by atoms with Crippen LogP contribution in [-0.4, -0.2) is 33.5 Å². The van der Waals surface area contributed by atoms with Gasteiger partial charge < -0.3 is 10.1 Å². The molecule has 2 N–H and O–H groups in total. The molecule has 6 heteroatoms. The highest BCUT2D eigenvalue weighted by Gasteiger charge is 2.39. The van der Waals surface area contributed by atoms with Crippen LogP contribution in [0.25, 0.3) is 10.9 Å². The summed E-state index contributed by atoms with van der Waals surface area (Å²) in [5.41, 5.74) is 4.60. The topological polar surface area (TPSA) is 56.3 Å². The predicted octanol–water partition coefficient (Wildman–Crippen LogP) is 5.43. The molecule has 0 bridgehead atoms. The monoisotopic (exact) mass is 458 g/mol. The van der Waals surface area contributed by atoms with Gasteiger partial charge in [0.2, 0.25) is 0 Å². The van der Waals surface area contributed by atoms with E-state index in [4.69, 9.17) is 0 Å². The van der Waals surface area contributed by atoms with E-state index < -0.39 is 11.9 Å². The number of aromatic amines is 1. The van der Waals surface area contributed by atoms with Crippen LogP contribution in [0.4, 0.5) is 4.39 Å². The van der Waals surface area contributed by atoms with Gasteiger partial charge in [-0.05, 0) is 49.6 Å². The fraction of sp³-hybridized carbons (Fsp3) is 0.348. The van der Waals surface area contributed by atoms with Crippen molar-refractivity contribution in [3.8, 4) is 0 Å². The molecule has 0 radical (unpaired) electrons. The standard InChI is InChI=1S/C23H24BrFN2O2/c1-12(23(28)29)11-27-13(2)10-16-15-6-4-5-7-19(15)26-21(16)22(27)20-14(3)17(24)8-9-18(20)25/h4-9,12-13,22,26H,10-11H2,1-3H3,(H,28,29)/t12-,13-,22-/m1/s1. The van der Waals surface area contributed by atoms with Crippen LogP contribution in [0.1, 0.15) is 42.3 Å². The number of carboxylic acids is 1. The number of aliphatic carboxylic acids is 1. The number of halogens is 2. The molecule has 0 unspecified atom stereocenters. The predicted molar refractivity (Wildman–Crippen MR) is 116 cm³/mol. The van der Waals surface area contributed by atoms with Crippen LogP contribution in [0.3, 0.4) is 0 Å². The minimum absolute atomic E-state index is 0.0753. The lowest BCUT2D eigenvalue weighted by atomic mass is 9.86. The molecule has 3 atom stereocenters.